The lowest BCUT2D eigenvalue weighted by atomic mass is 10.1. The molecule has 0 atom stereocenters. The molecule has 1 fully saturated rings. The minimum absolute atomic E-state index is 0.0807. The maximum absolute atomic E-state index is 15.2. The molecule has 1 aliphatic rings. The zero-order valence-corrected chi connectivity index (χ0v) is 37.3. The van der Waals surface area contributed by atoms with Gasteiger partial charge in [-0.15, -0.1) is 23.1 Å². The van der Waals surface area contributed by atoms with Crippen LogP contribution in [-0.4, -0.2) is 108 Å². The van der Waals surface area contributed by atoms with Crippen LogP contribution >= 0.6 is 23.1 Å². The van der Waals surface area contributed by atoms with Crippen molar-refractivity contribution < 1.29 is 33.0 Å². The molecule has 0 aliphatic carbocycles. The molecular formula is C42H49FN12O6S2. The Morgan fingerprint density at radius 3 is 2.14 bits per heavy atom. The van der Waals surface area contributed by atoms with Crippen molar-refractivity contribution in [2.45, 2.75) is 65.1 Å². The number of rotatable bonds is 18. The second-order valence-electron chi connectivity index (χ2n) is 14.7. The molecule has 21 heteroatoms. The molecule has 6 aromatic rings. The number of ether oxygens (including phenoxy) is 2. The van der Waals surface area contributed by atoms with Crippen LogP contribution in [0.3, 0.4) is 0 Å². The fraction of sp³-hybridized carbons (Fsp3) is 0.381. The number of nitrogens with zero attached hydrogens (tertiary/aromatic N) is 8. The highest BCUT2D eigenvalue weighted by Crippen LogP contribution is 2.34. The van der Waals surface area contributed by atoms with Crippen molar-refractivity contribution in [3.8, 4) is 5.75 Å². The van der Waals surface area contributed by atoms with E-state index in [4.69, 9.17) is 25.9 Å². The molecule has 332 valence electrons. The molecule has 0 unspecified atom stereocenters. The number of benzene rings is 2. The molecule has 2 aromatic carbocycles. The van der Waals surface area contributed by atoms with Gasteiger partial charge in [0.25, 0.3) is 11.8 Å². The van der Waals surface area contributed by atoms with Gasteiger partial charge in [-0.2, -0.15) is 5.10 Å². The average Bonchev–Trinajstić information content (AvgIpc) is 4.01. The molecule has 63 heavy (non-hydrogen) atoms. The Bertz CT molecular complexity index is 2750. The predicted molar refractivity (Wildman–Crippen MR) is 240 cm³/mol. The normalized spacial score (nSPS) is 13.4. The number of carbonyl (C=O) groups excluding carboxylic acids is 4. The fourth-order valence-corrected chi connectivity index (χ4v) is 8.98. The lowest BCUT2D eigenvalue weighted by Gasteiger charge is -2.26. The summed E-state index contributed by atoms with van der Waals surface area (Å²) >= 11 is 2.65. The lowest BCUT2D eigenvalue weighted by Crippen LogP contribution is -2.37. The second kappa shape index (κ2) is 19.5. The van der Waals surface area contributed by atoms with Crippen molar-refractivity contribution in [3.05, 3.63) is 80.3 Å². The summed E-state index contributed by atoms with van der Waals surface area (Å²) in [6, 6.07) is 6.34. The van der Waals surface area contributed by atoms with E-state index in [1.165, 1.54) is 40.8 Å². The van der Waals surface area contributed by atoms with E-state index in [0.29, 0.717) is 75.9 Å². The van der Waals surface area contributed by atoms with Gasteiger partial charge in [-0.1, -0.05) is 19.1 Å². The number of imidazole rings is 2. The zero-order valence-electron chi connectivity index (χ0n) is 35.6. The van der Waals surface area contributed by atoms with Crippen molar-refractivity contribution >= 4 is 80.7 Å². The Kier molecular flexibility index (Phi) is 13.9. The number of carbonyl (C=O) groups is 4. The minimum atomic E-state index is -0.753. The number of nitrogens with one attached hydrogen (secondary N) is 2. The molecule has 0 radical (unpaired) electrons. The van der Waals surface area contributed by atoms with Gasteiger partial charge in [-0.3, -0.25) is 39.4 Å². The first-order chi connectivity index (χ1) is 30.3. The summed E-state index contributed by atoms with van der Waals surface area (Å²) in [7, 11) is 0. The van der Waals surface area contributed by atoms with E-state index in [0.717, 1.165) is 24.6 Å². The number of thioether (sulfide) groups is 1. The molecule has 6 N–H and O–H groups in total. The Morgan fingerprint density at radius 2 is 1.52 bits per heavy atom. The molecule has 4 amide bonds. The van der Waals surface area contributed by atoms with E-state index in [2.05, 4.69) is 30.6 Å². The van der Waals surface area contributed by atoms with Gasteiger partial charge >= 0.3 is 0 Å². The first kappa shape index (κ1) is 44.9. The van der Waals surface area contributed by atoms with E-state index in [9.17, 15) is 19.2 Å². The van der Waals surface area contributed by atoms with E-state index in [1.54, 1.807) is 34.3 Å². The van der Waals surface area contributed by atoms with Gasteiger partial charge in [0.05, 0.1) is 52.8 Å². The number of aryl methyl sites for hydroxylation is 4. The Hall–Kier alpha value is -6.16. The van der Waals surface area contributed by atoms with Crippen LogP contribution in [0.4, 0.5) is 16.3 Å². The molecule has 1 saturated heterocycles. The van der Waals surface area contributed by atoms with E-state index >= 15 is 4.39 Å². The summed E-state index contributed by atoms with van der Waals surface area (Å²) in [6.45, 7) is 11.7. The van der Waals surface area contributed by atoms with Gasteiger partial charge in [-0.25, -0.2) is 19.3 Å². The number of anilines is 2. The van der Waals surface area contributed by atoms with Crippen molar-refractivity contribution in [1.29, 1.82) is 0 Å². The van der Waals surface area contributed by atoms with Crippen LogP contribution in [0, 0.1) is 19.7 Å². The fourth-order valence-electron chi connectivity index (χ4n) is 7.42. The Labute approximate surface area is 370 Å². The standard InChI is InChI=1S/C42H49FN12O6S2/c1-6-27-36(63-24(4)46-27)40(59)50-42-47-28-19-25(37(44)56)21-30(61-16-10-11-52-14-17-60-18-15-52)33(28)53(42)12-8-9-13-54-34-29(20-26(38(45)57)22-31(34)62-5)48-41(54)49-39(58)35-32(43)23(3)51-55(35)7-2/h8-9,19-22H,6-7,10-18H2,1-5H3,(H2,44,56)(H2,45,57)(H,47,50,59)(H,48,49,58)/b9-8+. The summed E-state index contributed by atoms with van der Waals surface area (Å²) in [4.78, 5) is 69.8. The summed E-state index contributed by atoms with van der Waals surface area (Å²) in [5.41, 5.74) is 14.3. The number of allylic oxidation sites excluding steroid dienone is 2. The van der Waals surface area contributed by atoms with Crippen molar-refractivity contribution in [2.24, 2.45) is 11.5 Å². The Balaban J connectivity index is 1.26. The third-order valence-electron chi connectivity index (χ3n) is 10.5. The highest BCUT2D eigenvalue weighted by Gasteiger charge is 2.26. The number of fused-ring (bicyclic) bond motifs is 2. The van der Waals surface area contributed by atoms with Crippen LogP contribution in [0.1, 0.15) is 77.5 Å². The number of aromatic nitrogens is 7. The zero-order chi connectivity index (χ0) is 44.9. The van der Waals surface area contributed by atoms with Crippen LogP contribution < -0.4 is 26.8 Å². The number of thiazole rings is 1. The van der Waals surface area contributed by atoms with Crippen molar-refractivity contribution in [1.82, 2.24) is 38.8 Å². The van der Waals surface area contributed by atoms with Crippen LogP contribution in [0.2, 0.25) is 0 Å². The third kappa shape index (κ3) is 9.60. The van der Waals surface area contributed by atoms with E-state index in [1.807, 2.05) is 32.3 Å². The molecule has 0 spiro atoms. The maximum atomic E-state index is 15.2. The molecular weight excluding hydrogens is 852 g/mol. The summed E-state index contributed by atoms with van der Waals surface area (Å²) in [6.07, 6.45) is 6.78. The maximum Gasteiger partial charge on any atom is 0.279 e. The summed E-state index contributed by atoms with van der Waals surface area (Å²) in [5, 5.41) is 10.6. The topological polar surface area (TPSA) is 232 Å². The van der Waals surface area contributed by atoms with Gasteiger partial charge in [0.15, 0.2) is 11.5 Å². The predicted octanol–water partition coefficient (Wildman–Crippen LogP) is 5.16. The van der Waals surface area contributed by atoms with E-state index in [-0.39, 0.29) is 60.0 Å². The monoisotopic (exact) mass is 900 g/mol. The number of primary amides is 2. The molecule has 0 bridgehead atoms. The quantitative estimate of drug-likeness (QED) is 0.0498. The first-order valence-electron chi connectivity index (χ1n) is 20.4. The molecule has 7 rings (SSSR count). The number of hydrogen-bond acceptors (Lipinski definition) is 13. The second-order valence-corrected chi connectivity index (χ2v) is 16.7. The first-order valence-corrected chi connectivity index (χ1v) is 22.5. The number of nitrogens with two attached hydrogens (primary N) is 2. The van der Waals surface area contributed by atoms with Crippen LogP contribution in [0.25, 0.3) is 22.1 Å². The summed E-state index contributed by atoms with van der Waals surface area (Å²) in [5.74, 6) is -2.54. The van der Waals surface area contributed by atoms with Crippen molar-refractivity contribution in [2.75, 3.05) is 56.3 Å². The van der Waals surface area contributed by atoms with Crippen LogP contribution in [-0.2, 0) is 30.8 Å². The van der Waals surface area contributed by atoms with Gasteiger partial charge in [0.2, 0.25) is 23.7 Å². The highest BCUT2D eigenvalue weighted by molar-refractivity contribution is 7.98. The SMILES string of the molecule is CCc1nc(C)sc1C(=O)Nc1nc2cc(C(N)=O)cc(OCCCN3CCOCC3)c2n1C/C=C/Cn1c(NC(=O)c2c(F)c(C)nn2CC)nc2cc(C(N)=O)cc(SC)c21. The molecule has 0 saturated carbocycles. The summed E-state index contributed by atoms with van der Waals surface area (Å²) < 4.78 is 31.9. The van der Waals surface area contributed by atoms with Crippen LogP contribution in [0.5, 0.6) is 5.75 Å². The molecule has 4 aromatic heterocycles. The Morgan fingerprint density at radius 1 is 0.905 bits per heavy atom. The van der Waals surface area contributed by atoms with Gasteiger partial charge in [0.1, 0.15) is 16.1 Å². The molecule has 1 aliphatic heterocycles. The minimum Gasteiger partial charge on any atom is -0.491 e. The number of hydrogen-bond donors (Lipinski definition) is 4. The highest BCUT2D eigenvalue weighted by atomic mass is 32.2. The smallest absolute Gasteiger partial charge is 0.279 e. The molecule has 18 nitrogen and oxygen atoms in total. The number of halogens is 1. The van der Waals surface area contributed by atoms with E-state index < -0.39 is 23.5 Å². The largest absolute Gasteiger partial charge is 0.491 e. The third-order valence-corrected chi connectivity index (χ3v) is 12.3. The van der Waals surface area contributed by atoms with Crippen LogP contribution in [0.15, 0.2) is 41.3 Å². The van der Waals surface area contributed by atoms with Gasteiger partial charge < -0.3 is 30.1 Å². The average molecular weight is 901 g/mol. The molecule has 5 heterocycles. The van der Waals surface area contributed by atoms with Crippen molar-refractivity contribution in [3.63, 3.8) is 0 Å². The van der Waals surface area contributed by atoms with Gasteiger partial charge in [0, 0.05) is 55.3 Å². The number of morpholine rings is 1. The lowest BCUT2D eigenvalue weighted by molar-refractivity contribution is 0.0358. The van der Waals surface area contributed by atoms with Gasteiger partial charge in [-0.05, 0) is 64.1 Å². The number of amides is 4.